The first-order chi connectivity index (χ1) is 8.20. The lowest BCUT2D eigenvalue weighted by molar-refractivity contribution is 1.12. The number of hydrogen-bond donors (Lipinski definition) is 1. The number of nitriles is 1. The van der Waals surface area contributed by atoms with E-state index in [1.807, 2.05) is 18.5 Å². The highest BCUT2D eigenvalue weighted by Gasteiger charge is 2.03. The van der Waals surface area contributed by atoms with Gasteiger partial charge in [-0.3, -0.25) is 0 Å². The Morgan fingerprint density at radius 1 is 1.53 bits per heavy atom. The van der Waals surface area contributed by atoms with Gasteiger partial charge in [0, 0.05) is 10.6 Å². The Morgan fingerprint density at radius 3 is 3.00 bits per heavy atom. The minimum atomic E-state index is 0.479. The summed E-state index contributed by atoms with van der Waals surface area (Å²) in [6.07, 6.45) is 0. The van der Waals surface area contributed by atoms with Crippen LogP contribution in [0.15, 0.2) is 23.7 Å². The Morgan fingerprint density at radius 2 is 2.35 bits per heavy atom. The van der Waals surface area contributed by atoms with Crippen LogP contribution in [0, 0.1) is 18.3 Å². The molecule has 17 heavy (non-hydrogen) atoms. The van der Waals surface area contributed by atoms with E-state index in [1.165, 1.54) is 4.88 Å². The molecule has 0 fully saturated rings. The lowest BCUT2D eigenvalue weighted by Crippen LogP contribution is -1.99. The van der Waals surface area contributed by atoms with Crippen LogP contribution in [-0.2, 0) is 6.54 Å². The van der Waals surface area contributed by atoms with Gasteiger partial charge in [-0.15, -0.1) is 11.3 Å². The average Bonchev–Trinajstić information content (AvgIpc) is 2.74. The van der Waals surface area contributed by atoms with E-state index in [0.29, 0.717) is 17.1 Å². The maximum absolute atomic E-state index is 8.87. The Labute approximate surface area is 109 Å². The van der Waals surface area contributed by atoms with Gasteiger partial charge in [-0.25, -0.2) is 4.98 Å². The SMILES string of the molecule is Cc1ncsc1CNc1ccc(Cl)c(C#N)c1. The maximum Gasteiger partial charge on any atom is 0.101 e. The molecule has 0 bridgehead atoms. The third-order valence-corrected chi connectivity index (χ3v) is 3.65. The standard InChI is InChI=1S/C12H10ClN3S/c1-8-12(17-7-16-8)6-15-10-2-3-11(13)9(4-10)5-14/h2-4,7,15H,6H2,1H3. The first kappa shape index (κ1) is 11.9. The Balaban J connectivity index is 2.10. The van der Waals surface area contributed by atoms with Gasteiger partial charge in [-0.05, 0) is 25.1 Å². The van der Waals surface area contributed by atoms with E-state index in [1.54, 1.807) is 23.5 Å². The summed E-state index contributed by atoms with van der Waals surface area (Å²) in [5, 5.41) is 12.6. The van der Waals surface area contributed by atoms with Gasteiger partial charge in [0.15, 0.2) is 0 Å². The molecule has 3 nitrogen and oxygen atoms in total. The summed E-state index contributed by atoms with van der Waals surface area (Å²) in [7, 11) is 0. The molecule has 0 aliphatic heterocycles. The van der Waals surface area contributed by atoms with E-state index in [2.05, 4.69) is 16.4 Å². The summed E-state index contributed by atoms with van der Waals surface area (Å²) >= 11 is 7.48. The molecule has 0 amide bonds. The second-order valence-corrected chi connectivity index (χ2v) is 4.87. The Kier molecular flexibility index (Phi) is 3.62. The van der Waals surface area contributed by atoms with Gasteiger partial charge < -0.3 is 5.32 Å². The van der Waals surface area contributed by atoms with Crippen LogP contribution in [0.25, 0.3) is 0 Å². The van der Waals surface area contributed by atoms with Crippen LogP contribution in [-0.4, -0.2) is 4.98 Å². The fraction of sp³-hybridized carbons (Fsp3) is 0.167. The van der Waals surface area contributed by atoms with Crippen LogP contribution in [0.1, 0.15) is 16.1 Å². The fourth-order valence-electron chi connectivity index (χ4n) is 1.40. The molecule has 1 aromatic heterocycles. The summed E-state index contributed by atoms with van der Waals surface area (Å²) < 4.78 is 0. The van der Waals surface area contributed by atoms with Crippen LogP contribution < -0.4 is 5.32 Å². The molecule has 0 atom stereocenters. The van der Waals surface area contributed by atoms with E-state index >= 15 is 0 Å². The van der Waals surface area contributed by atoms with Crippen molar-refractivity contribution in [2.75, 3.05) is 5.32 Å². The fourth-order valence-corrected chi connectivity index (χ4v) is 2.28. The molecule has 0 spiro atoms. The van der Waals surface area contributed by atoms with Gasteiger partial charge in [0.1, 0.15) is 6.07 Å². The average molecular weight is 264 g/mol. The lowest BCUT2D eigenvalue weighted by Gasteiger charge is -2.06. The zero-order valence-electron chi connectivity index (χ0n) is 9.20. The number of anilines is 1. The molecule has 0 radical (unpaired) electrons. The summed E-state index contributed by atoms with van der Waals surface area (Å²) in [6, 6.07) is 7.39. The minimum absolute atomic E-state index is 0.479. The Hall–Kier alpha value is -1.57. The monoisotopic (exact) mass is 263 g/mol. The molecule has 86 valence electrons. The topological polar surface area (TPSA) is 48.7 Å². The van der Waals surface area contributed by atoms with Crippen molar-refractivity contribution in [1.82, 2.24) is 4.98 Å². The highest BCUT2D eigenvalue weighted by molar-refractivity contribution is 7.09. The minimum Gasteiger partial charge on any atom is -0.380 e. The molecule has 0 aliphatic rings. The third kappa shape index (κ3) is 2.76. The maximum atomic E-state index is 8.87. The summed E-state index contributed by atoms with van der Waals surface area (Å²) in [4.78, 5) is 5.37. The van der Waals surface area contributed by atoms with E-state index < -0.39 is 0 Å². The highest BCUT2D eigenvalue weighted by Crippen LogP contribution is 2.21. The number of thiazole rings is 1. The molecule has 0 saturated heterocycles. The van der Waals surface area contributed by atoms with Crippen LogP contribution in [0.2, 0.25) is 5.02 Å². The van der Waals surface area contributed by atoms with Crippen molar-refractivity contribution in [2.45, 2.75) is 13.5 Å². The van der Waals surface area contributed by atoms with E-state index in [-0.39, 0.29) is 0 Å². The molecular weight excluding hydrogens is 254 g/mol. The first-order valence-electron chi connectivity index (χ1n) is 5.03. The van der Waals surface area contributed by atoms with Gasteiger partial charge in [-0.1, -0.05) is 11.6 Å². The number of rotatable bonds is 3. The molecule has 2 rings (SSSR count). The van der Waals surface area contributed by atoms with E-state index in [4.69, 9.17) is 16.9 Å². The predicted molar refractivity (Wildman–Crippen MR) is 70.3 cm³/mol. The molecule has 1 heterocycles. The largest absolute Gasteiger partial charge is 0.380 e. The number of nitrogens with zero attached hydrogens (tertiary/aromatic N) is 2. The van der Waals surface area contributed by atoms with Crippen molar-refractivity contribution in [2.24, 2.45) is 0 Å². The van der Waals surface area contributed by atoms with Crippen molar-refractivity contribution in [3.8, 4) is 6.07 Å². The van der Waals surface area contributed by atoms with Gasteiger partial charge in [0.05, 0.1) is 28.3 Å². The van der Waals surface area contributed by atoms with Crippen molar-refractivity contribution >= 4 is 28.6 Å². The number of aromatic nitrogens is 1. The second-order valence-electron chi connectivity index (χ2n) is 3.52. The Bertz CT molecular complexity index is 571. The smallest absolute Gasteiger partial charge is 0.101 e. The third-order valence-electron chi connectivity index (χ3n) is 2.38. The zero-order valence-corrected chi connectivity index (χ0v) is 10.8. The van der Waals surface area contributed by atoms with E-state index in [0.717, 1.165) is 11.4 Å². The van der Waals surface area contributed by atoms with Gasteiger partial charge in [-0.2, -0.15) is 5.26 Å². The van der Waals surface area contributed by atoms with Crippen molar-refractivity contribution in [3.05, 3.63) is 44.9 Å². The summed E-state index contributed by atoms with van der Waals surface area (Å²) in [5.41, 5.74) is 4.24. The molecule has 2 aromatic rings. The first-order valence-corrected chi connectivity index (χ1v) is 6.29. The number of benzene rings is 1. The summed E-state index contributed by atoms with van der Waals surface area (Å²) in [5.74, 6) is 0. The van der Waals surface area contributed by atoms with Crippen LogP contribution in [0.3, 0.4) is 0 Å². The zero-order chi connectivity index (χ0) is 12.3. The van der Waals surface area contributed by atoms with Crippen LogP contribution in [0.4, 0.5) is 5.69 Å². The predicted octanol–water partition coefficient (Wildman–Crippen LogP) is 3.59. The quantitative estimate of drug-likeness (QED) is 0.921. The molecule has 1 aromatic carbocycles. The highest BCUT2D eigenvalue weighted by atomic mass is 35.5. The van der Waals surface area contributed by atoms with Crippen LogP contribution >= 0.6 is 22.9 Å². The van der Waals surface area contributed by atoms with Crippen molar-refractivity contribution in [1.29, 1.82) is 5.26 Å². The normalized spacial score (nSPS) is 9.94. The summed E-state index contributed by atoms with van der Waals surface area (Å²) in [6.45, 7) is 2.69. The van der Waals surface area contributed by atoms with Crippen molar-refractivity contribution < 1.29 is 0 Å². The number of halogens is 1. The number of aryl methyl sites for hydroxylation is 1. The molecule has 0 aliphatic carbocycles. The number of nitrogens with one attached hydrogen (secondary N) is 1. The molecule has 1 N–H and O–H groups in total. The second kappa shape index (κ2) is 5.17. The molecule has 0 saturated carbocycles. The van der Waals surface area contributed by atoms with Crippen molar-refractivity contribution in [3.63, 3.8) is 0 Å². The van der Waals surface area contributed by atoms with Crippen LogP contribution in [0.5, 0.6) is 0 Å². The van der Waals surface area contributed by atoms with Gasteiger partial charge in [0.25, 0.3) is 0 Å². The van der Waals surface area contributed by atoms with E-state index in [9.17, 15) is 0 Å². The molecule has 5 heteroatoms. The molecule has 0 unspecified atom stereocenters. The lowest BCUT2D eigenvalue weighted by atomic mass is 10.2. The number of hydrogen-bond acceptors (Lipinski definition) is 4. The molecular formula is C12H10ClN3S. The van der Waals surface area contributed by atoms with Gasteiger partial charge >= 0.3 is 0 Å². The van der Waals surface area contributed by atoms with Gasteiger partial charge in [0.2, 0.25) is 0 Å².